The molecule has 1 aliphatic carbocycles. The molecule has 0 aromatic carbocycles. The Morgan fingerprint density at radius 1 is 1.29 bits per heavy atom. The summed E-state index contributed by atoms with van der Waals surface area (Å²) in [5.74, 6) is 1.38. The molecule has 100 valence electrons. The van der Waals surface area contributed by atoms with E-state index >= 15 is 0 Å². The lowest BCUT2D eigenvalue weighted by atomic mass is 9.86. The van der Waals surface area contributed by atoms with E-state index < -0.39 is 0 Å². The monoisotopic (exact) mass is 240 g/mol. The molecular formula is C14H28N2O. The van der Waals surface area contributed by atoms with E-state index in [2.05, 4.69) is 19.2 Å². The number of amides is 1. The Morgan fingerprint density at radius 3 is 2.53 bits per heavy atom. The molecule has 0 aromatic heterocycles. The van der Waals surface area contributed by atoms with Gasteiger partial charge >= 0.3 is 0 Å². The first-order chi connectivity index (χ1) is 8.09. The van der Waals surface area contributed by atoms with E-state index in [0.29, 0.717) is 18.9 Å². The van der Waals surface area contributed by atoms with Gasteiger partial charge in [0.15, 0.2) is 0 Å². The zero-order valence-corrected chi connectivity index (χ0v) is 11.4. The molecule has 3 nitrogen and oxygen atoms in total. The molecule has 0 aliphatic heterocycles. The second-order valence-corrected chi connectivity index (χ2v) is 5.75. The van der Waals surface area contributed by atoms with Crippen molar-refractivity contribution in [2.24, 2.45) is 17.6 Å². The predicted molar refractivity (Wildman–Crippen MR) is 71.6 cm³/mol. The van der Waals surface area contributed by atoms with Crippen LogP contribution in [0.25, 0.3) is 0 Å². The lowest BCUT2D eigenvalue weighted by Crippen LogP contribution is -2.40. The largest absolute Gasteiger partial charge is 0.355 e. The Morgan fingerprint density at radius 2 is 1.94 bits per heavy atom. The highest BCUT2D eigenvalue weighted by Crippen LogP contribution is 2.27. The zero-order valence-electron chi connectivity index (χ0n) is 11.4. The molecule has 1 aliphatic rings. The summed E-state index contributed by atoms with van der Waals surface area (Å²) in [5.41, 5.74) is 5.89. The zero-order chi connectivity index (χ0) is 12.7. The molecule has 3 N–H and O–H groups in total. The highest BCUT2D eigenvalue weighted by atomic mass is 16.1. The normalized spacial score (nSPS) is 19.3. The minimum atomic E-state index is 0.0774. The van der Waals surface area contributed by atoms with Gasteiger partial charge in [-0.3, -0.25) is 4.79 Å². The van der Waals surface area contributed by atoms with Crippen molar-refractivity contribution in [3.63, 3.8) is 0 Å². The number of hydrogen-bond acceptors (Lipinski definition) is 2. The van der Waals surface area contributed by atoms with Gasteiger partial charge in [0.05, 0.1) is 0 Å². The molecule has 0 aromatic rings. The number of carbonyl (C=O) groups is 1. The number of hydrogen-bond donors (Lipinski definition) is 2. The highest BCUT2D eigenvalue weighted by Gasteiger charge is 2.15. The second kappa shape index (κ2) is 7.70. The first-order valence-electron chi connectivity index (χ1n) is 7.12. The van der Waals surface area contributed by atoms with Crippen LogP contribution in [0.15, 0.2) is 0 Å². The summed E-state index contributed by atoms with van der Waals surface area (Å²) in [4.78, 5) is 11.6. The van der Waals surface area contributed by atoms with Gasteiger partial charge in [-0.1, -0.05) is 46.0 Å². The number of carbonyl (C=O) groups excluding carboxylic acids is 1. The Hall–Kier alpha value is -0.570. The fourth-order valence-electron chi connectivity index (χ4n) is 2.37. The summed E-state index contributed by atoms with van der Waals surface area (Å²) < 4.78 is 0. The number of nitrogens with two attached hydrogens (primary N) is 1. The molecule has 0 saturated heterocycles. The van der Waals surface area contributed by atoms with Crippen LogP contribution in [0.2, 0.25) is 0 Å². The third-order valence-electron chi connectivity index (χ3n) is 3.90. The third kappa shape index (κ3) is 6.06. The maximum Gasteiger partial charge on any atom is 0.220 e. The molecule has 0 bridgehead atoms. The van der Waals surface area contributed by atoms with Crippen LogP contribution in [0.3, 0.4) is 0 Å². The molecule has 1 amide bonds. The molecule has 17 heavy (non-hydrogen) atoms. The fourth-order valence-corrected chi connectivity index (χ4v) is 2.37. The van der Waals surface area contributed by atoms with Crippen LogP contribution in [-0.4, -0.2) is 18.5 Å². The van der Waals surface area contributed by atoms with Gasteiger partial charge in [0, 0.05) is 19.0 Å². The van der Waals surface area contributed by atoms with Crippen molar-refractivity contribution in [3.05, 3.63) is 0 Å². The highest BCUT2D eigenvalue weighted by molar-refractivity contribution is 5.75. The molecule has 0 radical (unpaired) electrons. The van der Waals surface area contributed by atoms with E-state index in [9.17, 15) is 4.79 Å². The van der Waals surface area contributed by atoms with Gasteiger partial charge < -0.3 is 11.1 Å². The molecule has 0 heterocycles. The van der Waals surface area contributed by atoms with E-state index in [4.69, 9.17) is 5.73 Å². The maximum atomic E-state index is 11.6. The number of nitrogens with one attached hydrogen (secondary N) is 1. The van der Waals surface area contributed by atoms with Crippen molar-refractivity contribution < 1.29 is 4.79 Å². The quantitative estimate of drug-likeness (QED) is 0.749. The van der Waals surface area contributed by atoms with E-state index in [1.165, 1.54) is 32.1 Å². The maximum absolute atomic E-state index is 11.6. The second-order valence-electron chi connectivity index (χ2n) is 5.75. The SMILES string of the molecule is CC(C)C(N)CNC(=O)CCC1CCCCC1. The van der Waals surface area contributed by atoms with Gasteiger partial charge in [0.2, 0.25) is 5.91 Å². The van der Waals surface area contributed by atoms with Crippen molar-refractivity contribution >= 4 is 5.91 Å². The standard InChI is InChI=1S/C14H28N2O/c1-11(2)13(15)10-16-14(17)9-8-12-6-4-3-5-7-12/h11-13H,3-10,15H2,1-2H3,(H,16,17). The molecule has 1 saturated carbocycles. The first kappa shape index (κ1) is 14.5. The van der Waals surface area contributed by atoms with Gasteiger partial charge in [0.25, 0.3) is 0 Å². The minimum Gasteiger partial charge on any atom is -0.355 e. The molecular weight excluding hydrogens is 212 g/mol. The van der Waals surface area contributed by atoms with Crippen molar-refractivity contribution in [2.75, 3.05) is 6.54 Å². The summed E-state index contributed by atoms with van der Waals surface area (Å²) in [7, 11) is 0. The Labute approximate surface area is 106 Å². The Bertz CT molecular complexity index is 222. The lowest BCUT2D eigenvalue weighted by molar-refractivity contribution is -0.121. The summed E-state index contributed by atoms with van der Waals surface area (Å²) in [6.07, 6.45) is 8.46. The third-order valence-corrected chi connectivity index (χ3v) is 3.90. The van der Waals surface area contributed by atoms with Crippen LogP contribution in [0.1, 0.15) is 58.8 Å². The van der Waals surface area contributed by atoms with Crippen LogP contribution in [0.5, 0.6) is 0 Å². The van der Waals surface area contributed by atoms with Crippen LogP contribution < -0.4 is 11.1 Å². The van der Waals surface area contributed by atoms with E-state index in [1.54, 1.807) is 0 Å². The lowest BCUT2D eigenvalue weighted by Gasteiger charge is -2.21. The topological polar surface area (TPSA) is 55.1 Å². The summed E-state index contributed by atoms with van der Waals surface area (Å²) in [5, 5.41) is 2.94. The van der Waals surface area contributed by atoms with E-state index in [0.717, 1.165) is 12.3 Å². The summed E-state index contributed by atoms with van der Waals surface area (Å²) >= 11 is 0. The van der Waals surface area contributed by atoms with Crippen LogP contribution in [-0.2, 0) is 4.79 Å². The van der Waals surface area contributed by atoms with Crippen molar-refractivity contribution in [2.45, 2.75) is 64.8 Å². The molecule has 1 atom stereocenters. The van der Waals surface area contributed by atoms with Gasteiger partial charge in [0.1, 0.15) is 0 Å². The Kier molecular flexibility index (Phi) is 6.56. The molecule has 1 fully saturated rings. The summed E-state index contributed by atoms with van der Waals surface area (Å²) in [6, 6.07) is 0.0774. The van der Waals surface area contributed by atoms with Crippen LogP contribution in [0, 0.1) is 11.8 Å². The van der Waals surface area contributed by atoms with E-state index in [1.807, 2.05) is 0 Å². The molecule has 3 heteroatoms. The van der Waals surface area contributed by atoms with E-state index in [-0.39, 0.29) is 11.9 Å². The average molecular weight is 240 g/mol. The molecule has 1 rings (SSSR count). The smallest absolute Gasteiger partial charge is 0.220 e. The van der Waals surface area contributed by atoms with Crippen molar-refractivity contribution in [1.82, 2.24) is 5.32 Å². The van der Waals surface area contributed by atoms with Crippen LogP contribution >= 0.6 is 0 Å². The van der Waals surface area contributed by atoms with Crippen molar-refractivity contribution in [1.29, 1.82) is 0 Å². The van der Waals surface area contributed by atoms with Crippen molar-refractivity contribution in [3.8, 4) is 0 Å². The first-order valence-corrected chi connectivity index (χ1v) is 7.12. The van der Waals surface area contributed by atoms with Gasteiger partial charge in [-0.15, -0.1) is 0 Å². The molecule has 1 unspecified atom stereocenters. The minimum absolute atomic E-state index is 0.0774. The fraction of sp³-hybridized carbons (Fsp3) is 0.929. The van der Waals surface area contributed by atoms with Gasteiger partial charge in [-0.25, -0.2) is 0 Å². The van der Waals surface area contributed by atoms with Gasteiger partial charge in [-0.2, -0.15) is 0 Å². The average Bonchev–Trinajstić information content (AvgIpc) is 2.34. The molecule has 0 spiro atoms. The Balaban J connectivity index is 2.08. The van der Waals surface area contributed by atoms with Gasteiger partial charge in [-0.05, 0) is 18.3 Å². The van der Waals surface area contributed by atoms with Crippen LogP contribution in [0.4, 0.5) is 0 Å². The predicted octanol–water partition coefficient (Wildman–Crippen LogP) is 2.45. The number of rotatable bonds is 6. The summed E-state index contributed by atoms with van der Waals surface area (Å²) in [6.45, 7) is 4.78.